The van der Waals surface area contributed by atoms with Crippen LogP contribution >= 0.6 is 0 Å². The third-order valence-corrected chi connectivity index (χ3v) is 15.2. The summed E-state index contributed by atoms with van der Waals surface area (Å²) in [5, 5.41) is 161. The maximum absolute atomic E-state index is 12.9. The molecule has 0 aromatic heterocycles. The quantitative estimate of drug-likeness (QED) is 0.0217. The molecule has 6 aliphatic rings. The van der Waals surface area contributed by atoms with E-state index in [2.05, 4.69) is 20.1 Å². The number of nitrogens with one attached hydrogen (secondary N) is 3. The van der Waals surface area contributed by atoms with Crippen molar-refractivity contribution in [2.45, 2.75) is 218 Å². The third kappa shape index (κ3) is 17.8. The second kappa shape index (κ2) is 32.3. The second-order valence-corrected chi connectivity index (χ2v) is 22.2. The van der Waals surface area contributed by atoms with E-state index in [1.54, 1.807) is 0 Å². The van der Waals surface area contributed by atoms with Crippen LogP contribution in [0.5, 0.6) is 0 Å². The summed E-state index contributed by atoms with van der Waals surface area (Å²) in [6.45, 7) is -2.26. The van der Waals surface area contributed by atoms with E-state index in [1.807, 2.05) is 0 Å². The number of amides is 3. The highest BCUT2D eigenvalue weighted by Crippen LogP contribution is 2.38. The lowest BCUT2D eigenvalue weighted by Gasteiger charge is -2.51. The lowest BCUT2D eigenvalue weighted by Crippen LogP contribution is -2.71. The van der Waals surface area contributed by atoms with Crippen molar-refractivity contribution in [3.05, 3.63) is 0 Å². The fourth-order valence-electron chi connectivity index (χ4n) is 10.6. The fourth-order valence-corrected chi connectivity index (χ4v) is 10.9. The zero-order chi connectivity index (χ0) is 64.5. The van der Waals surface area contributed by atoms with E-state index in [4.69, 9.17) is 67.3 Å². The summed E-state index contributed by atoms with van der Waals surface area (Å²) in [5.41, 5.74) is 5.61. The lowest BCUT2D eigenvalue weighted by atomic mass is 9.93. The Bertz CT molecular complexity index is 2320. The summed E-state index contributed by atoms with van der Waals surface area (Å²) in [6, 6.07) is -5.23. The van der Waals surface area contributed by atoms with Gasteiger partial charge < -0.3 is 155 Å². The average Bonchev–Trinajstić information content (AvgIpc) is 0.992. The third-order valence-electron chi connectivity index (χ3n) is 14.7. The van der Waals surface area contributed by atoms with Crippen molar-refractivity contribution in [2.75, 3.05) is 52.8 Å². The number of aliphatic hydroxyl groups excluding tert-OH is 14. The Morgan fingerprint density at radius 2 is 0.805 bits per heavy atom. The summed E-state index contributed by atoms with van der Waals surface area (Å²) in [5.74, 6) is -3.57. The number of nitrogens with two attached hydrogens (primary N) is 1. The van der Waals surface area contributed by atoms with Crippen molar-refractivity contribution in [3.8, 4) is 0 Å². The molecular formula is C47H80N4O35S. The number of esters is 1. The molecule has 0 saturated carbocycles. The maximum Gasteiger partial charge on any atom is 0.397 e. The van der Waals surface area contributed by atoms with Crippen LogP contribution in [-0.4, -0.2) is 345 Å². The van der Waals surface area contributed by atoms with Gasteiger partial charge in [-0.1, -0.05) is 0 Å². The second-order valence-electron chi connectivity index (χ2n) is 21.1. The Hall–Kier alpha value is -3.33. The van der Waals surface area contributed by atoms with E-state index in [0.717, 1.165) is 27.7 Å². The average molecular weight is 1290 g/mol. The molecule has 0 aromatic carbocycles. The molecule has 40 heteroatoms. The van der Waals surface area contributed by atoms with Gasteiger partial charge in [0.15, 0.2) is 43.8 Å². The topological polar surface area (TPSA) is 597 Å². The van der Waals surface area contributed by atoms with Crippen LogP contribution in [0.1, 0.15) is 34.1 Å². The lowest BCUT2D eigenvalue weighted by molar-refractivity contribution is -0.385. The highest BCUT2D eigenvalue weighted by atomic mass is 32.3. The number of carbonyl (C=O) groups is 4. The van der Waals surface area contributed by atoms with Gasteiger partial charge in [0.05, 0.1) is 46.2 Å². The molecule has 6 fully saturated rings. The molecule has 30 atom stereocenters. The first-order valence-corrected chi connectivity index (χ1v) is 28.7. The fraction of sp³-hybridized carbons (Fsp3) is 0.915. The smallest absolute Gasteiger partial charge is 0.397 e. The van der Waals surface area contributed by atoms with Gasteiger partial charge in [0.1, 0.15) is 140 Å². The molecule has 39 nitrogen and oxygen atoms in total. The number of ether oxygens (including phenoxy) is 13. The Morgan fingerprint density at radius 1 is 0.425 bits per heavy atom. The minimum atomic E-state index is -5.35. The van der Waals surface area contributed by atoms with Crippen LogP contribution in [-0.2, 0) is 95.3 Å². The number of rotatable bonds is 26. The first kappa shape index (κ1) is 72.7. The van der Waals surface area contributed by atoms with E-state index in [0.29, 0.717) is 6.42 Å². The van der Waals surface area contributed by atoms with Gasteiger partial charge in [0.25, 0.3) is 0 Å². The molecule has 20 N–H and O–H groups in total. The number of hydrogen-bond acceptors (Lipinski definition) is 35. The van der Waals surface area contributed by atoms with Crippen molar-refractivity contribution in [1.29, 1.82) is 0 Å². The normalized spacial score (nSPS) is 43.7. The van der Waals surface area contributed by atoms with Gasteiger partial charge in [0, 0.05) is 27.7 Å². The first-order chi connectivity index (χ1) is 41.0. The molecule has 6 rings (SSSR count). The molecule has 504 valence electrons. The van der Waals surface area contributed by atoms with Crippen LogP contribution in [0.3, 0.4) is 0 Å². The van der Waals surface area contributed by atoms with Crippen LogP contribution < -0.4 is 21.7 Å². The summed E-state index contributed by atoms with van der Waals surface area (Å²) in [4.78, 5) is 50.6. The van der Waals surface area contributed by atoms with E-state index in [1.165, 1.54) is 0 Å². The Labute approximate surface area is 495 Å². The molecule has 0 spiro atoms. The van der Waals surface area contributed by atoms with E-state index in [-0.39, 0.29) is 13.2 Å². The molecule has 6 heterocycles. The minimum absolute atomic E-state index is 0.0434. The Morgan fingerprint density at radius 3 is 1.29 bits per heavy atom. The summed E-state index contributed by atoms with van der Waals surface area (Å²) >= 11 is 0. The molecule has 0 aromatic rings. The molecule has 6 aliphatic heterocycles. The monoisotopic (exact) mass is 1290 g/mol. The Kier molecular flexibility index (Phi) is 27.0. The summed E-state index contributed by atoms with van der Waals surface area (Å²) in [6.07, 6.45) is -52.8. The van der Waals surface area contributed by atoms with Gasteiger partial charge in [-0.25, -0.2) is 4.18 Å². The SMILES string of the molecule is CC(=O)N[C@H]1[C@H](O[C@H]2[C@@H](O)[C@@H](CO)O[C@@H](O[C@H]3[C@H](O)[C@@H](NC(C)=O)[C@H](O[C@@H]4[C@@H](O)[C@H](O[C@H]5[C@@H](O)[C@@H](CO)O[C@H](OCCCN)[C@@H]5NC(C)=O)O[C@H](CO)[C@@H]4OC(C)=O)O[C@@H]3CO)[C@@H]2O)O[C@H](COS(=O)(=O)O)[C@@H](O[C@@H]2O[C@H](CO)[C@H](O)[C@H](O)[C@H]2O)[C@@H]1O. The predicted octanol–water partition coefficient (Wildman–Crippen LogP) is -12.9. The van der Waals surface area contributed by atoms with Crippen molar-refractivity contribution >= 4 is 34.1 Å². The molecule has 0 radical (unpaired) electrons. The van der Waals surface area contributed by atoms with Gasteiger partial charge in [-0.05, 0) is 13.0 Å². The van der Waals surface area contributed by atoms with Gasteiger partial charge in [0.2, 0.25) is 17.7 Å². The molecular weight excluding hydrogens is 1210 g/mol. The Balaban J connectivity index is 1.28. The van der Waals surface area contributed by atoms with E-state index < -0.39 is 258 Å². The van der Waals surface area contributed by atoms with Crippen LogP contribution in [0.4, 0.5) is 0 Å². The van der Waals surface area contributed by atoms with Crippen LogP contribution in [0.15, 0.2) is 0 Å². The zero-order valence-corrected chi connectivity index (χ0v) is 47.9. The van der Waals surface area contributed by atoms with Gasteiger partial charge in [-0.2, -0.15) is 8.42 Å². The van der Waals surface area contributed by atoms with Crippen molar-refractivity contribution in [2.24, 2.45) is 5.73 Å². The highest BCUT2D eigenvalue weighted by Gasteiger charge is 2.59. The number of carbonyl (C=O) groups excluding carboxylic acids is 4. The van der Waals surface area contributed by atoms with Crippen LogP contribution in [0.25, 0.3) is 0 Å². The van der Waals surface area contributed by atoms with E-state index >= 15 is 0 Å². The van der Waals surface area contributed by atoms with Crippen molar-refractivity contribution in [1.82, 2.24) is 16.0 Å². The molecule has 0 bridgehead atoms. The predicted molar refractivity (Wildman–Crippen MR) is 271 cm³/mol. The van der Waals surface area contributed by atoms with Crippen LogP contribution in [0, 0.1) is 0 Å². The van der Waals surface area contributed by atoms with Crippen molar-refractivity contribution < 1.29 is 169 Å². The molecule has 0 unspecified atom stereocenters. The highest BCUT2D eigenvalue weighted by molar-refractivity contribution is 7.80. The molecule has 6 saturated heterocycles. The largest absolute Gasteiger partial charge is 0.457 e. The van der Waals surface area contributed by atoms with E-state index in [9.17, 15) is 104 Å². The minimum Gasteiger partial charge on any atom is -0.457 e. The zero-order valence-electron chi connectivity index (χ0n) is 47.0. The number of aliphatic hydroxyl groups is 14. The first-order valence-electron chi connectivity index (χ1n) is 27.3. The maximum atomic E-state index is 12.9. The van der Waals surface area contributed by atoms with Crippen molar-refractivity contribution in [3.63, 3.8) is 0 Å². The van der Waals surface area contributed by atoms with Gasteiger partial charge in [-0.15, -0.1) is 0 Å². The summed E-state index contributed by atoms with van der Waals surface area (Å²) < 4.78 is 113. The summed E-state index contributed by atoms with van der Waals surface area (Å²) in [7, 11) is -5.35. The number of hydrogen-bond donors (Lipinski definition) is 19. The van der Waals surface area contributed by atoms with Crippen LogP contribution in [0.2, 0.25) is 0 Å². The van der Waals surface area contributed by atoms with Gasteiger partial charge >= 0.3 is 16.4 Å². The van der Waals surface area contributed by atoms with Gasteiger partial charge in [-0.3, -0.25) is 23.7 Å². The molecule has 0 aliphatic carbocycles. The molecule has 3 amide bonds. The molecule has 87 heavy (non-hydrogen) atoms. The standard InChI is InChI=1S/C47H80N4O35S/c1-14(57)49-24-30(64)36(21(11-55)79-43(24)86-41-35(69)47(80-22(12-56)38(41)75-17(4)60)84-39-26(51-16(3)59)42(73-7-5-6-48)76-19(9-53)28(39)62)82-46-34(68)40(29(63)20(10-54)78-46)85-44-25(50-15(2)58)31(65)37(23(81-44)13-74-87(70,71)72)83-45-33(67)32(66)27(61)18(8-52)77-45/h18-47,52-56,61-69H,5-13,48H2,1-4H3,(H,49,57)(H,50,58)(H,51,59)(H,70,71,72)/t18-,19-,20-,21-,22-,23-,24-,25-,26-,27+,28+,29+,30-,31-,32+,33-,34-,35-,36-,37-,38+,39-,40+,41-,42+,43+,44+,45+,46+,47+/m1/s1.